The molecule has 1 aliphatic rings. The van der Waals surface area contributed by atoms with E-state index in [0.29, 0.717) is 24.8 Å². The number of aromatic nitrogens is 2. The molecule has 1 aromatic heterocycles. The Balaban J connectivity index is 1.79. The molecule has 2 unspecified atom stereocenters. The maximum Gasteiger partial charge on any atom is 0.302 e. The van der Waals surface area contributed by atoms with Gasteiger partial charge in [0.1, 0.15) is 23.8 Å². The Labute approximate surface area is 184 Å². The third kappa shape index (κ3) is 6.50. The number of aliphatic hydroxyl groups excluding tert-OH is 2. The van der Waals surface area contributed by atoms with E-state index in [-0.39, 0.29) is 22.7 Å². The molecular formula is C19H25FN4O5S2. The van der Waals surface area contributed by atoms with Gasteiger partial charge in [0, 0.05) is 24.9 Å². The van der Waals surface area contributed by atoms with E-state index < -0.39 is 29.0 Å². The van der Waals surface area contributed by atoms with Crippen LogP contribution in [0, 0.1) is 11.7 Å². The lowest BCUT2D eigenvalue weighted by Gasteiger charge is -2.35. The summed E-state index contributed by atoms with van der Waals surface area (Å²) in [4.78, 5) is 8.51. The molecule has 0 aliphatic carbocycles. The molecular weight excluding hydrogens is 447 g/mol. The number of rotatable bonds is 10. The summed E-state index contributed by atoms with van der Waals surface area (Å²) in [7, 11) is -3.77. The van der Waals surface area contributed by atoms with Crippen molar-refractivity contribution < 1.29 is 27.8 Å². The number of halogens is 1. The summed E-state index contributed by atoms with van der Waals surface area (Å²) in [5.41, 5.74) is 0.835. The van der Waals surface area contributed by atoms with Gasteiger partial charge in [0.15, 0.2) is 5.16 Å². The molecule has 0 amide bonds. The Morgan fingerprint density at radius 3 is 2.61 bits per heavy atom. The van der Waals surface area contributed by atoms with Crippen LogP contribution in [0.3, 0.4) is 0 Å². The molecule has 2 aromatic rings. The van der Waals surface area contributed by atoms with E-state index in [1.807, 2.05) is 6.92 Å². The van der Waals surface area contributed by atoms with Gasteiger partial charge in [-0.1, -0.05) is 30.8 Å². The highest BCUT2D eigenvalue weighted by Crippen LogP contribution is 2.27. The first kappa shape index (κ1) is 23.7. The normalized spacial score (nSPS) is 17.1. The van der Waals surface area contributed by atoms with Crippen LogP contribution in [0.4, 0.5) is 10.2 Å². The second-order valence-corrected chi connectivity index (χ2v) is 10.0. The maximum absolute atomic E-state index is 13.1. The van der Waals surface area contributed by atoms with Gasteiger partial charge in [0.25, 0.3) is 0 Å². The second-order valence-electron chi connectivity index (χ2n) is 7.39. The number of hydrogen-bond acceptors (Lipinski definition) is 8. The van der Waals surface area contributed by atoms with Crippen LogP contribution >= 0.6 is 11.8 Å². The fourth-order valence-electron chi connectivity index (χ4n) is 2.76. The minimum absolute atomic E-state index is 0.0249. The van der Waals surface area contributed by atoms with Gasteiger partial charge < -0.3 is 14.9 Å². The van der Waals surface area contributed by atoms with Crippen LogP contribution in [0.5, 0.6) is 5.88 Å². The van der Waals surface area contributed by atoms with Crippen molar-refractivity contribution in [1.82, 2.24) is 14.3 Å². The van der Waals surface area contributed by atoms with Crippen LogP contribution in [0.25, 0.3) is 0 Å². The molecule has 1 saturated heterocycles. The van der Waals surface area contributed by atoms with Crippen LogP contribution in [-0.2, 0) is 16.0 Å². The third-order valence-electron chi connectivity index (χ3n) is 4.60. The number of aliphatic hydroxyl groups is 2. The molecule has 0 bridgehead atoms. The van der Waals surface area contributed by atoms with Gasteiger partial charge in [-0.05, 0) is 30.5 Å². The van der Waals surface area contributed by atoms with E-state index in [4.69, 9.17) is 9.84 Å². The Kier molecular flexibility index (Phi) is 7.70. The van der Waals surface area contributed by atoms with E-state index in [1.165, 1.54) is 34.3 Å². The summed E-state index contributed by atoms with van der Waals surface area (Å²) >= 11 is 1.22. The van der Waals surface area contributed by atoms with Gasteiger partial charge >= 0.3 is 10.2 Å². The van der Waals surface area contributed by atoms with Crippen molar-refractivity contribution in [2.24, 2.45) is 5.92 Å². The van der Waals surface area contributed by atoms with Gasteiger partial charge in [0.2, 0.25) is 5.88 Å². The Bertz CT molecular complexity index is 987. The first-order chi connectivity index (χ1) is 14.7. The van der Waals surface area contributed by atoms with Gasteiger partial charge in [-0.3, -0.25) is 4.72 Å². The lowest BCUT2D eigenvalue weighted by molar-refractivity contribution is 0.00599. The van der Waals surface area contributed by atoms with Crippen LogP contribution in [-0.4, -0.2) is 64.8 Å². The summed E-state index contributed by atoms with van der Waals surface area (Å²) in [6.07, 6.45) is -1.91. The average Bonchev–Trinajstić information content (AvgIpc) is 2.69. The van der Waals surface area contributed by atoms with Crippen molar-refractivity contribution in [3.8, 4) is 5.88 Å². The molecule has 170 valence electrons. The zero-order chi connectivity index (χ0) is 22.6. The highest BCUT2D eigenvalue weighted by Gasteiger charge is 2.33. The van der Waals surface area contributed by atoms with E-state index in [2.05, 4.69) is 14.7 Å². The van der Waals surface area contributed by atoms with Crippen LogP contribution in [0.15, 0.2) is 35.5 Å². The monoisotopic (exact) mass is 472 g/mol. The van der Waals surface area contributed by atoms with Crippen molar-refractivity contribution in [3.05, 3.63) is 41.7 Å². The number of thioether (sulfide) groups is 1. The molecule has 2 atom stereocenters. The molecule has 1 aliphatic heterocycles. The summed E-state index contributed by atoms with van der Waals surface area (Å²) in [5.74, 6) is 0.453. The predicted molar refractivity (Wildman–Crippen MR) is 114 cm³/mol. The lowest BCUT2D eigenvalue weighted by atomic mass is 10.1. The van der Waals surface area contributed by atoms with Gasteiger partial charge in [0.05, 0.1) is 6.61 Å². The highest BCUT2D eigenvalue weighted by molar-refractivity contribution is 7.98. The molecule has 3 N–H and O–H groups in total. The van der Waals surface area contributed by atoms with Crippen molar-refractivity contribution >= 4 is 27.8 Å². The lowest BCUT2D eigenvalue weighted by Crippen LogP contribution is -2.50. The number of ether oxygens (including phenoxy) is 1. The van der Waals surface area contributed by atoms with Gasteiger partial charge in [-0.15, -0.1) is 0 Å². The van der Waals surface area contributed by atoms with E-state index in [1.54, 1.807) is 19.1 Å². The first-order valence-electron chi connectivity index (χ1n) is 9.66. The minimum atomic E-state index is -3.77. The van der Waals surface area contributed by atoms with Crippen LogP contribution in [0.1, 0.15) is 19.4 Å². The van der Waals surface area contributed by atoms with E-state index in [9.17, 15) is 17.9 Å². The van der Waals surface area contributed by atoms with E-state index in [0.717, 1.165) is 5.56 Å². The van der Waals surface area contributed by atoms with Crippen molar-refractivity contribution in [3.63, 3.8) is 0 Å². The number of nitrogens with zero attached hydrogens (tertiary/aromatic N) is 3. The standard InChI is InChI=1S/C19H25FN4O5S2/c1-12-8-24(9-12)31(27,28)23-17-7-18(29-13(2)16(26)10-25)22-19(21-17)30-11-14-3-5-15(20)6-4-14/h3-7,12-13,16,25-26H,8-11H2,1-2H3,(H,21,22,23). The first-order valence-corrected chi connectivity index (χ1v) is 12.1. The summed E-state index contributed by atoms with van der Waals surface area (Å²) in [6.45, 7) is 3.87. The van der Waals surface area contributed by atoms with Crippen LogP contribution < -0.4 is 9.46 Å². The number of anilines is 1. The molecule has 0 saturated carbocycles. The van der Waals surface area contributed by atoms with Gasteiger partial charge in [-0.25, -0.2) is 9.37 Å². The van der Waals surface area contributed by atoms with Crippen molar-refractivity contribution in [2.75, 3.05) is 24.4 Å². The van der Waals surface area contributed by atoms with Crippen molar-refractivity contribution in [1.29, 1.82) is 0 Å². The molecule has 9 nitrogen and oxygen atoms in total. The van der Waals surface area contributed by atoms with Gasteiger partial charge in [-0.2, -0.15) is 17.7 Å². The molecule has 1 aromatic carbocycles. The van der Waals surface area contributed by atoms with E-state index >= 15 is 0 Å². The topological polar surface area (TPSA) is 125 Å². The smallest absolute Gasteiger partial charge is 0.302 e. The largest absolute Gasteiger partial charge is 0.472 e. The molecule has 3 rings (SSSR count). The maximum atomic E-state index is 13.1. The zero-order valence-corrected chi connectivity index (χ0v) is 18.7. The zero-order valence-electron chi connectivity index (χ0n) is 17.1. The Hall–Kier alpha value is -1.99. The SMILES string of the molecule is CC1CN(S(=O)(=O)Nc2cc(OC(C)C(O)CO)nc(SCc3ccc(F)cc3)n2)C1. The second kappa shape index (κ2) is 10.1. The summed E-state index contributed by atoms with van der Waals surface area (Å²) < 4.78 is 47.5. The fourth-order valence-corrected chi connectivity index (χ4v) is 4.97. The Morgan fingerprint density at radius 1 is 1.32 bits per heavy atom. The summed E-state index contributed by atoms with van der Waals surface area (Å²) in [5, 5.41) is 19.1. The minimum Gasteiger partial charge on any atom is -0.472 e. The number of hydrogen-bond donors (Lipinski definition) is 3. The molecule has 0 radical (unpaired) electrons. The quantitative estimate of drug-likeness (QED) is 0.352. The predicted octanol–water partition coefficient (Wildman–Crippen LogP) is 1.64. The molecule has 0 spiro atoms. The third-order valence-corrected chi connectivity index (χ3v) is 6.97. The molecule has 31 heavy (non-hydrogen) atoms. The number of benzene rings is 1. The fraction of sp³-hybridized carbons (Fsp3) is 0.474. The highest BCUT2D eigenvalue weighted by atomic mass is 32.2. The van der Waals surface area contributed by atoms with Crippen LogP contribution in [0.2, 0.25) is 0 Å². The Morgan fingerprint density at radius 2 is 2.00 bits per heavy atom. The summed E-state index contributed by atoms with van der Waals surface area (Å²) in [6, 6.07) is 7.29. The average molecular weight is 473 g/mol. The molecule has 1 fully saturated rings. The van der Waals surface area contributed by atoms with Crippen molar-refractivity contribution in [2.45, 2.75) is 37.0 Å². The molecule has 12 heteroatoms. The molecule has 2 heterocycles. The number of nitrogens with one attached hydrogen (secondary N) is 1.